The van der Waals surface area contributed by atoms with Crippen molar-refractivity contribution in [2.24, 2.45) is 0 Å². The monoisotopic (exact) mass is 321 g/mol. The van der Waals surface area contributed by atoms with Crippen LogP contribution in [0.1, 0.15) is 22.2 Å². The van der Waals surface area contributed by atoms with E-state index in [0.29, 0.717) is 15.9 Å². The third kappa shape index (κ3) is 3.84. The van der Waals surface area contributed by atoms with Gasteiger partial charge in [-0.25, -0.2) is 4.98 Å². The van der Waals surface area contributed by atoms with Crippen molar-refractivity contribution in [2.45, 2.75) is 6.10 Å². The number of carbonyl (C=O) groups excluding carboxylic acids is 1. The van der Waals surface area contributed by atoms with Crippen molar-refractivity contribution in [3.8, 4) is 0 Å². The average Bonchev–Trinajstić information content (AvgIpc) is 2.45. The Kier molecular flexibility index (Phi) is 4.59. The van der Waals surface area contributed by atoms with Crippen molar-refractivity contribution in [1.82, 2.24) is 15.3 Å². The number of nitrogens with one attached hydrogen (secondary N) is 1. The third-order valence-corrected chi connectivity index (χ3v) is 2.94. The first-order valence-electron chi connectivity index (χ1n) is 5.65. The Morgan fingerprint density at radius 3 is 2.74 bits per heavy atom. The zero-order valence-electron chi connectivity index (χ0n) is 9.95. The number of halogens is 1. The second kappa shape index (κ2) is 6.40. The Morgan fingerprint density at radius 1 is 1.32 bits per heavy atom. The van der Waals surface area contributed by atoms with Gasteiger partial charge in [-0.1, -0.05) is 6.07 Å². The van der Waals surface area contributed by atoms with E-state index in [4.69, 9.17) is 0 Å². The van der Waals surface area contributed by atoms with Crippen LogP contribution in [0.15, 0.2) is 47.3 Å². The molecule has 0 aliphatic rings. The molecule has 19 heavy (non-hydrogen) atoms. The fourth-order valence-corrected chi connectivity index (χ4v) is 1.86. The highest BCUT2D eigenvalue weighted by molar-refractivity contribution is 9.10. The van der Waals surface area contributed by atoms with Gasteiger partial charge in [0.05, 0.1) is 6.10 Å². The fraction of sp³-hybridized carbons (Fsp3) is 0.154. The highest BCUT2D eigenvalue weighted by atomic mass is 79.9. The lowest BCUT2D eigenvalue weighted by Gasteiger charge is -2.11. The molecular formula is C13H12BrN3O2. The van der Waals surface area contributed by atoms with Crippen molar-refractivity contribution in [2.75, 3.05) is 6.54 Å². The van der Waals surface area contributed by atoms with Crippen molar-refractivity contribution < 1.29 is 9.90 Å². The lowest BCUT2D eigenvalue weighted by Crippen LogP contribution is -2.29. The number of aromatic nitrogens is 2. The van der Waals surface area contributed by atoms with E-state index in [-0.39, 0.29) is 12.5 Å². The molecule has 0 aliphatic carbocycles. The smallest absolute Gasteiger partial charge is 0.270 e. The van der Waals surface area contributed by atoms with Crippen LogP contribution in [0.2, 0.25) is 0 Å². The van der Waals surface area contributed by atoms with Crippen molar-refractivity contribution in [1.29, 1.82) is 0 Å². The minimum atomic E-state index is -0.765. The number of aliphatic hydroxyl groups is 1. The first kappa shape index (κ1) is 13.6. The molecule has 0 radical (unpaired) electrons. The number of rotatable bonds is 4. The standard InChI is InChI=1S/C13H12BrN3O2/c14-12-3-1-2-10(17-12)13(19)16-8-11(18)9-4-6-15-7-5-9/h1-7,11,18H,8H2,(H,16,19). The van der Waals surface area contributed by atoms with E-state index in [1.54, 1.807) is 42.7 Å². The molecule has 0 aromatic carbocycles. The minimum absolute atomic E-state index is 0.122. The maximum atomic E-state index is 11.8. The Bertz CT molecular complexity index is 563. The molecule has 1 amide bonds. The Labute approximate surface area is 118 Å². The third-order valence-electron chi connectivity index (χ3n) is 2.49. The second-order valence-corrected chi connectivity index (χ2v) is 4.66. The minimum Gasteiger partial charge on any atom is -0.387 e. The summed E-state index contributed by atoms with van der Waals surface area (Å²) in [6.07, 6.45) is 2.42. The van der Waals surface area contributed by atoms with Crippen LogP contribution >= 0.6 is 15.9 Å². The van der Waals surface area contributed by atoms with E-state index in [9.17, 15) is 9.90 Å². The van der Waals surface area contributed by atoms with Gasteiger partial charge in [-0.3, -0.25) is 9.78 Å². The van der Waals surface area contributed by atoms with E-state index in [0.717, 1.165) is 0 Å². The first-order chi connectivity index (χ1) is 9.16. The topological polar surface area (TPSA) is 75.1 Å². The van der Waals surface area contributed by atoms with Crippen molar-refractivity contribution >= 4 is 21.8 Å². The summed E-state index contributed by atoms with van der Waals surface area (Å²) >= 11 is 3.20. The lowest BCUT2D eigenvalue weighted by molar-refractivity contribution is 0.0911. The van der Waals surface area contributed by atoms with Gasteiger partial charge in [-0.2, -0.15) is 0 Å². The zero-order valence-corrected chi connectivity index (χ0v) is 11.5. The number of amides is 1. The van der Waals surface area contributed by atoms with Crippen molar-refractivity contribution in [3.05, 3.63) is 58.6 Å². The molecule has 2 N–H and O–H groups in total. The van der Waals surface area contributed by atoms with E-state index in [1.165, 1.54) is 0 Å². The molecule has 6 heteroatoms. The van der Waals surface area contributed by atoms with E-state index >= 15 is 0 Å². The van der Waals surface area contributed by atoms with E-state index in [2.05, 4.69) is 31.2 Å². The molecule has 0 spiro atoms. The molecule has 1 unspecified atom stereocenters. The van der Waals surface area contributed by atoms with Gasteiger partial charge in [0, 0.05) is 18.9 Å². The van der Waals surface area contributed by atoms with Crippen LogP contribution in [-0.2, 0) is 0 Å². The van der Waals surface area contributed by atoms with Crippen LogP contribution in [0.3, 0.4) is 0 Å². The van der Waals surface area contributed by atoms with Gasteiger partial charge in [0.15, 0.2) is 0 Å². The fourth-order valence-electron chi connectivity index (χ4n) is 1.52. The van der Waals surface area contributed by atoms with Crippen LogP contribution in [-0.4, -0.2) is 27.5 Å². The Hall–Kier alpha value is -1.79. The molecule has 98 valence electrons. The summed E-state index contributed by atoms with van der Waals surface area (Å²) in [4.78, 5) is 19.7. The molecule has 0 saturated carbocycles. The summed E-state index contributed by atoms with van der Waals surface area (Å²) in [6, 6.07) is 8.48. The average molecular weight is 322 g/mol. The molecule has 2 heterocycles. The van der Waals surface area contributed by atoms with Gasteiger partial charge in [-0.15, -0.1) is 0 Å². The maximum Gasteiger partial charge on any atom is 0.270 e. The second-order valence-electron chi connectivity index (χ2n) is 3.85. The number of hydrogen-bond acceptors (Lipinski definition) is 4. The van der Waals surface area contributed by atoms with Crippen LogP contribution in [0, 0.1) is 0 Å². The SMILES string of the molecule is O=C(NCC(O)c1ccncc1)c1cccc(Br)n1. The van der Waals surface area contributed by atoms with Gasteiger partial charge >= 0.3 is 0 Å². The molecule has 2 aromatic rings. The molecular weight excluding hydrogens is 310 g/mol. The van der Waals surface area contributed by atoms with Crippen molar-refractivity contribution in [3.63, 3.8) is 0 Å². The summed E-state index contributed by atoms with van der Waals surface area (Å²) in [7, 11) is 0. The summed E-state index contributed by atoms with van der Waals surface area (Å²) in [5.74, 6) is -0.325. The van der Waals surface area contributed by atoms with Gasteiger partial charge in [0.1, 0.15) is 10.3 Å². The first-order valence-corrected chi connectivity index (χ1v) is 6.45. The number of hydrogen-bond donors (Lipinski definition) is 2. The number of pyridine rings is 2. The summed E-state index contributed by atoms with van der Waals surface area (Å²) < 4.78 is 0.592. The Balaban J connectivity index is 1.94. The molecule has 1 atom stereocenters. The molecule has 5 nitrogen and oxygen atoms in total. The van der Waals surface area contributed by atoms with Crippen LogP contribution in [0.25, 0.3) is 0 Å². The van der Waals surface area contributed by atoms with Crippen LogP contribution < -0.4 is 5.32 Å². The summed E-state index contributed by atoms with van der Waals surface area (Å²) in [5, 5.41) is 12.5. The molecule has 0 fully saturated rings. The predicted molar refractivity (Wildman–Crippen MR) is 73.5 cm³/mol. The quantitative estimate of drug-likeness (QED) is 0.840. The molecule has 2 rings (SSSR count). The molecule has 2 aromatic heterocycles. The van der Waals surface area contributed by atoms with Gasteiger partial charge in [-0.05, 0) is 45.8 Å². The van der Waals surface area contributed by atoms with Gasteiger partial charge in [0.2, 0.25) is 0 Å². The highest BCUT2D eigenvalue weighted by Gasteiger charge is 2.11. The summed E-state index contributed by atoms with van der Waals surface area (Å²) in [6.45, 7) is 0.122. The predicted octanol–water partition coefficient (Wildman–Crippen LogP) is 1.70. The van der Waals surface area contributed by atoms with Gasteiger partial charge < -0.3 is 10.4 Å². The Morgan fingerprint density at radius 2 is 2.05 bits per heavy atom. The normalized spacial score (nSPS) is 11.9. The van der Waals surface area contributed by atoms with Crippen LogP contribution in [0.5, 0.6) is 0 Å². The number of aliphatic hydroxyl groups excluding tert-OH is 1. The van der Waals surface area contributed by atoms with Gasteiger partial charge in [0.25, 0.3) is 5.91 Å². The van der Waals surface area contributed by atoms with Crippen LogP contribution in [0.4, 0.5) is 0 Å². The lowest BCUT2D eigenvalue weighted by atomic mass is 10.1. The molecule has 0 saturated heterocycles. The largest absolute Gasteiger partial charge is 0.387 e. The number of carbonyl (C=O) groups is 1. The van der Waals surface area contributed by atoms with E-state index in [1.807, 2.05) is 0 Å². The maximum absolute atomic E-state index is 11.8. The highest BCUT2D eigenvalue weighted by Crippen LogP contribution is 2.10. The zero-order chi connectivity index (χ0) is 13.7. The van der Waals surface area contributed by atoms with E-state index < -0.39 is 6.10 Å². The molecule has 0 aliphatic heterocycles. The number of nitrogens with zero attached hydrogens (tertiary/aromatic N) is 2. The summed E-state index contributed by atoms with van der Waals surface area (Å²) in [5.41, 5.74) is 1.01. The molecule has 0 bridgehead atoms.